The van der Waals surface area contributed by atoms with Crippen molar-refractivity contribution in [3.05, 3.63) is 82.4 Å². The molecule has 7 heteroatoms. The Balaban J connectivity index is 0.00000208. The molecule has 0 aliphatic heterocycles. The molecule has 116 valence electrons. The van der Waals surface area contributed by atoms with E-state index in [-0.39, 0.29) is 56.5 Å². The van der Waals surface area contributed by atoms with Gasteiger partial charge in [-0.25, -0.2) is 4.39 Å². The van der Waals surface area contributed by atoms with E-state index in [0.717, 1.165) is 11.6 Å². The zero-order chi connectivity index (χ0) is 16.2. The molecule has 0 amide bonds. The minimum atomic E-state index is -0.580. The van der Waals surface area contributed by atoms with Crippen molar-refractivity contribution in [3.8, 4) is 11.6 Å². The van der Waals surface area contributed by atoms with Gasteiger partial charge >= 0.3 is 51.4 Å². The summed E-state index contributed by atoms with van der Waals surface area (Å²) < 4.78 is 14.4. The number of benzene rings is 2. The van der Waals surface area contributed by atoms with E-state index in [1.807, 2.05) is 30.3 Å². The molecular weight excluding hydrogens is 354 g/mol. The molecule has 0 saturated carbocycles. The molecule has 24 heavy (non-hydrogen) atoms. The fourth-order valence-electron chi connectivity index (χ4n) is 2.09. The van der Waals surface area contributed by atoms with E-state index in [2.05, 4.69) is 4.98 Å². The summed E-state index contributed by atoms with van der Waals surface area (Å²) in [5.74, 6) is -0.307. The summed E-state index contributed by atoms with van der Waals surface area (Å²) in [5, 5.41) is 12.5. The predicted octanol–water partition coefficient (Wildman–Crippen LogP) is -0.259. The van der Waals surface area contributed by atoms with Crippen LogP contribution in [0.3, 0.4) is 0 Å². The SMILES string of the molecule is O=c1cc([O-])n(-c2ccc(F)cc2)c(SCc2ccccc2)n1.[K+]. The number of hydrogen-bond donors (Lipinski definition) is 0. The summed E-state index contributed by atoms with van der Waals surface area (Å²) in [7, 11) is 0. The van der Waals surface area contributed by atoms with Crippen molar-refractivity contribution in [2.75, 3.05) is 0 Å². The average molecular weight is 366 g/mol. The largest absolute Gasteiger partial charge is 1.00 e. The van der Waals surface area contributed by atoms with E-state index in [4.69, 9.17) is 0 Å². The Morgan fingerprint density at radius 2 is 1.75 bits per heavy atom. The zero-order valence-electron chi connectivity index (χ0n) is 13.0. The summed E-state index contributed by atoms with van der Waals surface area (Å²) in [6.07, 6.45) is 0. The van der Waals surface area contributed by atoms with E-state index in [1.54, 1.807) is 0 Å². The van der Waals surface area contributed by atoms with Crippen LogP contribution < -0.4 is 62.1 Å². The third-order valence-corrected chi connectivity index (χ3v) is 4.17. The van der Waals surface area contributed by atoms with Crippen LogP contribution in [0.4, 0.5) is 4.39 Å². The maximum absolute atomic E-state index is 13.1. The molecule has 0 spiro atoms. The molecule has 3 aromatic rings. The summed E-state index contributed by atoms with van der Waals surface area (Å²) in [4.78, 5) is 15.5. The van der Waals surface area contributed by atoms with Crippen LogP contribution in [0, 0.1) is 5.82 Å². The first-order valence-corrected chi connectivity index (χ1v) is 7.86. The van der Waals surface area contributed by atoms with Crippen molar-refractivity contribution >= 4 is 11.8 Å². The summed E-state index contributed by atoms with van der Waals surface area (Å²) in [6.45, 7) is 0. The van der Waals surface area contributed by atoms with Crippen molar-refractivity contribution in [1.82, 2.24) is 9.55 Å². The molecule has 2 aromatic carbocycles. The molecule has 0 radical (unpaired) electrons. The van der Waals surface area contributed by atoms with Crippen LogP contribution >= 0.6 is 11.8 Å². The van der Waals surface area contributed by atoms with Gasteiger partial charge in [0.15, 0.2) is 5.16 Å². The fraction of sp³-hybridized carbons (Fsp3) is 0.0588. The average Bonchev–Trinajstić information content (AvgIpc) is 2.55. The minimum Gasteiger partial charge on any atom is -0.860 e. The van der Waals surface area contributed by atoms with Crippen molar-refractivity contribution in [3.63, 3.8) is 0 Å². The first kappa shape index (κ1) is 19.4. The van der Waals surface area contributed by atoms with Crippen LogP contribution in [0.15, 0.2) is 70.6 Å². The van der Waals surface area contributed by atoms with Crippen LogP contribution in [-0.4, -0.2) is 9.55 Å². The molecular formula is C17H12FKN2O2S. The van der Waals surface area contributed by atoms with Gasteiger partial charge in [0, 0.05) is 17.5 Å². The molecule has 0 unspecified atom stereocenters. The van der Waals surface area contributed by atoms with Crippen molar-refractivity contribution in [2.45, 2.75) is 10.9 Å². The smallest absolute Gasteiger partial charge is 0.860 e. The van der Waals surface area contributed by atoms with Crippen molar-refractivity contribution < 1.29 is 60.9 Å². The Kier molecular flexibility index (Phi) is 7.21. The maximum atomic E-state index is 13.1. The van der Waals surface area contributed by atoms with Gasteiger partial charge in [-0.3, -0.25) is 4.79 Å². The van der Waals surface area contributed by atoms with Gasteiger partial charge in [-0.2, -0.15) is 4.98 Å². The van der Waals surface area contributed by atoms with Gasteiger partial charge in [-0.15, -0.1) is 0 Å². The molecule has 1 aromatic heterocycles. The first-order valence-electron chi connectivity index (χ1n) is 6.87. The van der Waals surface area contributed by atoms with Gasteiger partial charge in [0.25, 0.3) is 5.56 Å². The topological polar surface area (TPSA) is 57.9 Å². The van der Waals surface area contributed by atoms with E-state index in [1.165, 1.54) is 40.6 Å². The molecule has 0 saturated heterocycles. The molecule has 0 N–H and O–H groups in total. The molecule has 0 bridgehead atoms. The number of hydrogen-bond acceptors (Lipinski definition) is 4. The number of thioether (sulfide) groups is 1. The van der Waals surface area contributed by atoms with Crippen molar-refractivity contribution in [2.24, 2.45) is 0 Å². The summed E-state index contributed by atoms with van der Waals surface area (Å²) in [5.41, 5.74) is 0.942. The summed E-state index contributed by atoms with van der Waals surface area (Å²) >= 11 is 1.29. The minimum absolute atomic E-state index is 0. The molecule has 0 atom stereocenters. The maximum Gasteiger partial charge on any atom is 1.00 e. The van der Waals surface area contributed by atoms with E-state index in [0.29, 0.717) is 11.4 Å². The van der Waals surface area contributed by atoms with Crippen LogP contribution in [0.1, 0.15) is 5.56 Å². The fourth-order valence-corrected chi connectivity index (χ4v) is 3.05. The van der Waals surface area contributed by atoms with Gasteiger partial charge < -0.3 is 9.67 Å². The van der Waals surface area contributed by atoms with E-state index < -0.39 is 17.3 Å². The van der Waals surface area contributed by atoms with Crippen molar-refractivity contribution in [1.29, 1.82) is 0 Å². The Morgan fingerprint density at radius 1 is 1.08 bits per heavy atom. The van der Waals surface area contributed by atoms with Crippen LogP contribution in [0.25, 0.3) is 5.69 Å². The third-order valence-electron chi connectivity index (χ3n) is 3.16. The monoisotopic (exact) mass is 366 g/mol. The van der Waals surface area contributed by atoms with Gasteiger partial charge in [0.2, 0.25) is 0 Å². The Hall–Kier alpha value is -0.964. The van der Waals surface area contributed by atoms with Crippen LogP contribution in [0.2, 0.25) is 0 Å². The van der Waals surface area contributed by atoms with Gasteiger partial charge in [-0.05, 0) is 35.7 Å². The normalized spacial score (nSPS) is 10.2. The second-order valence-electron chi connectivity index (χ2n) is 4.80. The number of rotatable bonds is 4. The third kappa shape index (κ3) is 4.78. The standard InChI is InChI=1S/C17H13FN2O2S.K/c18-13-6-8-14(9-7-13)20-16(22)10-15(21)19-17(20)23-11-12-4-2-1-3-5-12;/h1-10,22H,11H2;/q;+1/p-1. The number of aromatic nitrogens is 2. The Bertz CT molecular complexity index is 870. The quantitative estimate of drug-likeness (QED) is 0.363. The predicted molar refractivity (Wildman–Crippen MR) is 85.2 cm³/mol. The van der Waals surface area contributed by atoms with Crippen LogP contribution in [0.5, 0.6) is 5.88 Å². The van der Waals surface area contributed by atoms with Gasteiger partial charge in [0.1, 0.15) is 5.82 Å². The van der Waals surface area contributed by atoms with E-state index >= 15 is 0 Å². The summed E-state index contributed by atoms with van der Waals surface area (Å²) in [6, 6.07) is 16.1. The number of nitrogens with zero attached hydrogens (tertiary/aromatic N) is 2. The Morgan fingerprint density at radius 3 is 2.42 bits per heavy atom. The van der Waals surface area contributed by atoms with E-state index in [9.17, 15) is 14.3 Å². The molecule has 1 heterocycles. The molecule has 4 nitrogen and oxygen atoms in total. The van der Waals surface area contributed by atoms with Crippen LogP contribution in [-0.2, 0) is 5.75 Å². The number of halogens is 1. The second-order valence-corrected chi connectivity index (χ2v) is 5.74. The Labute approximate surface area is 185 Å². The molecule has 3 rings (SSSR count). The van der Waals surface area contributed by atoms with Gasteiger partial charge in [-0.1, -0.05) is 42.1 Å². The molecule has 0 fully saturated rings. The van der Waals surface area contributed by atoms with Gasteiger partial charge in [0.05, 0.1) is 0 Å². The second kappa shape index (κ2) is 8.94. The molecule has 0 aliphatic carbocycles. The molecule has 0 aliphatic rings. The zero-order valence-corrected chi connectivity index (χ0v) is 16.9. The first-order chi connectivity index (χ1) is 11.1.